The van der Waals surface area contributed by atoms with Crippen LogP contribution in [0.3, 0.4) is 0 Å². The zero-order chi connectivity index (χ0) is 15.0. The van der Waals surface area contributed by atoms with Crippen LogP contribution in [0.2, 0.25) is 0 Å². The molecule has 1 aromatic carbocycles. The van der Waals surface area contributed by atoms with Crippen molar-refractivity contribution < 1.29 is 9.30 Å². The second-order valence-electron chi connectivity index (χ2n) is 5.04. The van der Waals surface area contributed by atoms with Crippen LogP contribution in [0, 0.1) is 6.92 Å². The highest BCUT2D eigenvalue weighted by Crippen LogP contribution is 2.24. The molecule has 0 radical (unpaired) electrons. The van der Waals surface area contributed by atoms with E-state index in [2.05, 4.69) is 0 Å². The number of hydrogen-bond donors (Lipinski definition) is 0. The molecule has 3 aromatic rings. The largest absolute Gasteiger partial charge is 0.465 e. The van der Waals surface area contributed by atoms with Crippen LogP contribution in [0.4, 0.5) is 0 Å². The van der Waals surface area contributed by atoms with E-state index in [1.54, 1.807) is 17.7 Å². The summed E-state index contributed by atoms with van der Waals surface area (Å²) in [6.07, 6.45) is 1.77. The van der Waals surface area contributed by atoms with E-state index in [0.29, 0.717) is 11.4 Å². The van der Waals surface area contributed by atoms with Crippen molar-refractivity contribution in [2.24, 2.45) is 7.05 Å². The van der Waals surface area contributed by atoms with Crippen molar-refractivity contribution in [2.75, 3.05) is 7.11 Å². The molecule has 0 spiro atoms. The average Bonchev–Trinajstić information content (AvgIpc) is 2.52. The van der Waals surface area contributed by atoms with E-state index in [9.17, 15) is 4.79 Å². The third-order valence-electron chi connectivity index (χ3n) is 3.67. The topological polar surface area (TPSA) is 34.6 Å². The minimum Gasteiger partial charge on any atom is -0.465 e. The molecule has 0 atom stereocenters. The first-order chi connectivity index (χ1) is 10.1. The van der Waals surface area contributed by atoms with Crippen LogP contribution in [0.1, 0.15) is 5.56 Å². The molecule has 0 aliphatic carbocycles. The molecular formula is C17H17N2O2+. The molecule has 2 aromatic heterocycles. The Morgan fingerprint density at radius 1 is 1.10 bits per heavy atom. The first-order valence-electron chi connectivity index (χ1n) is 6.78. The highest BCUT2D eigenvalue weighted by Gasteiger charge is 2.23. The molecule has 3 rings (SSSR count). The maximum Gasteiger partial charge on any atom is 0.354 e. The monoisotopic (exact) mass is 281 g/mol. The number of methoxy groups -OCH3 is 1. The Kier molecular flexibility index (Phi) is 3.22. The van der Waals surface area contributed by atoms with Gasteiger partial charge in [0.1, 0.15) is 0 Å². The van der Waals surface area contributed by atoms with E-state index in [0.717, 1.165) is 16.8 Å². The predicted octanol–water partition coefficient (Wildman–Crippen LogP) is 2.11. The van der Waals surface area contributed by atoms with Gasteiger partial charge >= 0.3 is 5.56 Å². The molecule has 0 bridgehead atoms. The number of aromatic nitrogens is 2. The van der Waals surface area contributed by atoms with Gasteiger partial charge in [-0.25, -0.2) is 4.79 Å². The highest BCUT2D eigenvalue weighted by molar-refractivity contribution is 5.67. The van der Waals surface area contributed by atoms with Crippen molar-refractivity contribution >= 4 is 5.65 Å². The number of nitrogens with zero attached hydrogens (tertiary/aromatic N) is 2. The molecule has 0 unspecified atom stereocenters. The second-order valence-corrected chi connectivity index (χ2v) is 5.04. The minimum atomic E-state index is -0.0793. The van der Waals surface area contributed by atoms with E-state index in [-0.39, 0.29) is 5.56 Å². The van der Waals surface area contributed by atoms with Gasteiger partial charge in [-0.1, -0.05) is 35.9 Å². The summed E-state index contributed by atoms with van der Waals surface area (Å²) in [4.78, 5) is 12.8. The van der Waals surface area contributed by atoms with Crippen molar-refractivity contribution in [3.05, 3.63) is 64.6 Å². The average molecular weight is 281 g/mol. The lowest BCUT2D eigenvalue weighted by Crippen LogP contribution is -2.38. The molecule has 106 valence electrons. The molecule has 0 N–H and O–H groups in total. The maximum atomic E-state index is 12.8. The number of pyridine rings is 1. The standard InChI is InChI=1S/C17H17N2O2/c1-12-7-9-13(10-8-12)15-16(20)19-11-5-4-6-14(19)18(2)17(15)21-3/h4-11H,1-3H3/q+1. The molecule has 0 saturated heterocycles. The molecule has 4 nitrogen and oxygen atoms in total. The van der Waals surface area contributed by atoms with Gasteiger partial charge in [0, 0.05) is 6.07 Å². The normalized spacial score (nSPS) is 10.8. The van der Waals surface area contributed by atoms with Gasteiger partial charge in [-0.3, -0.25) is 0 Å². The number of ether oxygens (including phenoxy) is 1. The van der Waals surface area contributed by atoms with E-state index in [1.165, 1.54) is 0 Å². The van der Waals surface area contributed by atoms with Gasteiger partial charge in [-0.05, 0) is 18.6 Å². The number of hydrogen-bond acceptors (Lipinski definition) is 2. The zero-order valence-electron chi connectivity index (χ0n) is 12.3. The van der Waals surface area contributed by atoms with Crippen LogP contribution < -0.4 is 14.9 Å². The summed E-state index contributed by atoms with van der Waals surface area (Å²) in [5.74, 6) is 0.565. The molecule has 0 amide bonds. The molecule has 0 aliphatic heterocycles. The quantitative estimate of drug-likeness (QED) is 0.674. The number of rotatable bonds is 2. The van der Waals surface area contributed by atoms with Gasteiger partial charge in [0.25, 0.3) is 11.5 Å². The lowest BCUT2D eigenvalue weighted by Gasteiger charge is -2.09. The highest BCUT2D eigenvalue weighted by atomic mass is 16.5. The maximum absolute atomic E-state index is 12.8. The van der Waals surface area contributed by atoms with Crippen molar-refractivity contribution in [3.8, 4) is 17.0 Å². The second kappa shape index (κ2) is 5.05. The Morgan fingerprint density at radius 2 is 1.81 bits per heavy atom. The Bertz CT molecular complexity index is 864. The fraction of sp³-hybridized carbons (Fsp3) is 0.176. The van der Waals surface area contributed by atoms with Gasteiger partial charge < -0.3 is 4.74 Å². The van der Waals surface area contributed by atoms with Gasteiger partial charge in [-0.2, -0.15) is 8.97 Å². The zero-order valence-corrected chi connectivity index (χ0v) is 12.3. The molecule has 0 saturated carbocycles. The third-order valence-corrected chi connectivity index (χ3v) is 3.67. The van der Waals surface area contributed by atoms with Crippen molar-refractivity contribution in [1.29, 1.82) is 0 Å². The lowest BCUT2D eigenvalue weighted by molar-refractivity contribution is -0.653. The fourth-order valence-electron chi connectivity index (χ4n) is 2.57. The van der Waals surface area contributed by atoms with Crippen LogP contribution in [0.5, 0.6) is 5.88 Å². The molecule has 0 fully saturated rings. The van der Waals surface area contributed by atoms with Gasteiger partial charge in [-0.15, -0.1) is 0 Å². The van der Waals surface area contributed by atoms with Crippen LogP contribution in [0.25, 0.3) is 16.8 Å². The SMILES string of the molecule is COc1c(-c2ccc(C)cc2)c(=O)n2ccccc2[n+]1C. The van der Waals surface area contributed by atoms with E-state index in [1.807, 2.05) is 61.0 Å². The molecular weight excluding hydrogens is 264 g/mol. The summed E-state index contributed by atoms with van der Waals surface area (Å²) in [6.45, 7) is 2.02. The first kappa shape index (κ1) is 13.4. The fourth-order valence-corrected chi connectivity index (χ4v) is 2.57. The third kappa shape index (κ3) is 2.09. The van der Waals surface area contributed by atoms with Crippen LogP contribution in [-0.2, 0) is 7.05 Å². The van der Waals surface area contributed by atoms with E-state index in [4.69, 9.17) is 4.74 Å². The molecule has 4 heteroatoms. The van der Waals surface area contributed by atoms with Crippen molar-refractivity contribution in [2.45, 2.75) is 6.92 Å². The molecule has 0 aliphatic rings. The Labute approximate surface area is 122 Å². The Balaban J connectivity index is 2.44. The summed E-state index contributed by atoms with van der Waals surface area (Å²) in [5, 5.41) is 0. The lowest BCUT2D eigenvalue weighted by atomic mass is 10.1. The summed E-state index contributed by atoms with van der Waals surface area (Å²) >= 11 is 0. The van der Waals surface area contributed by atoms with Crippen molar-refractivity contribution in [3.63, 3.8) is 0 Å². The van der Waals surface area contributed by atoms with E-state index < -0.39 is 0 Å². The summed E-state index contributed by atoms with van der Waals surface area (Å²) in [6, 6.07) is 13.5. The van der Waals surface area contributed by atoms with Crippen LogP contribution in [0.15, 0.2) is 53.5 Å². The Hall–Kier alpha value is -2.62. The summed E-state index contributed by atoms with van der Waals surface area (Å²) in [5.41, 5.74) is 3.29. The number of fused-ring (bicyclic) bond motifs is 1. The molecule has 2 heterocycles. The smallest absolute Gasteiger partial charge is 0.354 e. The van der Waals surface area contributed by atoms with E-state index >= 15 is 0 Å². The van der Waals surface area contributed by atoms with Crippen LogP contribution >= 0.6 is 0 Å². The summed E-state index contributed by atoms with van der Waals surface area (Å²) < 4.78 is 9.02. The van der Waals surface area contributed by atoms with Gasteiger partial charge in [0.05, 0.1) is 20.4 Å². The Morgan fingerprint density at radius 3 is 2.48 bits per heavy atom. The van der Waals surface area contributed by atoms with Gasteiger partial charge in [0.2, 0.25) is 0 Å². The summed E-state index contributed by atoms with van der Waals surface area (Å²) in [7, 11) is 3.48. The molecule has 21 heavy (non-hydrogen) atoms. The number of benzene rings is 1. The first-order valence-corrected chi connectivity index (χ1v) is 6.78. The van der Waals surface area contributed by atoms with Crippen molar-refractivity contribution in [1.82, 2.24) is 4.40 Å². The number of aryl methyl sites for hydroxylation is 2. The van der Waals surface area contributed by atoms with Gasteiger partial charge in [0.15, 0.2) is 5.56 Å². The minimum absolute atomic E-state index is 0.0793. The van der Waals surface area contributed by atoms with Crippen LogP contribution in [-0.4, -0.2) is 11.5 Å². The predicted molar refractivity (Wildman–Crippen MR) is 81.6 cm³/mol.